The molecule has 1 heterocycles. The number of nitrogens with zero attached hydrogens (tertiary/aromatic N) is 2. The Kier molecular flexibility index (Phi) is 7.60. The Morgan fingerprint density at radius 3 is 2.20 bits per heavy atom. The summed E-state index contributed by atoms with van der Waals surface area (Å²) in [5.41, 5.74) is 1.84. The number of Topliss-reactive ketones (excluding diaryl/α,β-unsaturated/α-hetero) is 1. The normalized spacial score (nSPS) is 12.8. The van der Waals surface area contributed by atoms with Crippen LogP contribution in [0.25, 0.3) is 0 Å². The van der Waals surface area contributed by atoms with Crippen molar-refractivity contribution in [3.8, 4) is 0 Å². The molecule has 8 heteroatoms. The largest absolute Gasteiger partial charge is 0.461 e. The van der Waals surface area contributed by atoms with E-state index in [4.69, 9.17) is 4.74 Å². The van der Waals surface area contributed by atoms with Gasteiger partial charge in [-0.25, -0.2) is 13.2 Å². The van der Waals surface area contributed by atoms with Gasteiger partial charge < -0.3 is 9.30 Å². The molecule has 0 fully saturated rings. The zero-order valence-electron chi connectivity index (χ0n) is 18.4. The third kappa shape index (κ3) is 4.20. The van der Waals surface area contributed by atoms with E-state index in [9.17, 15) is 18.0 Å². The van der Waals surface area contributed by atoms with E-state index in [0.717, 1.165) is 0 Å². The average Bonchev–Trinajstić information content (AvgIpc) is 2.98. The Labute approximate surface area is 178 Å². The topological polar surface area (TPSA) is 85.7 Å². The van der Waals surface area contributed by atoms with Crippen LogP contribution in [-0.4, -0.2) is 48.2 Å². The van der Waals surface area contributed by atoms with E-state index in [1.165, 1.54) is 16.4 Å². The van der Waals surface area contributed by atoms with Gasteiger partial charge in [-0.15, -0.1) is 0 Å². The van der Waals surface area contributed by atoms with Gasteiger partial charge in [0, 0.05) is 24.3 Å². The van der Waals surface area contributed by atoms with E-state index in [0.29, 0.717) is 29.1 Å². The van der Waals surface area contributed by atoms with Crippen LogP contribution in [0, 0.1) is 13.8 Å². The molecule has 0 spiro atoms. The van der Waals surface area contributed by atoms with Gasteiger partial charge in [-0.05, 0) is 52.3 Å². The SMILES string of the molecule is CCOC(=O)c1c(C)c(C(=O)C(C)N(CC)S(=O)(=O)c2ccccc2)c(C)n1CC. The van der Waals surface area contributed by atoms with Crippen LogP contribution in [0.4, 0.5) is 0 Å². The maximum Gasteiger partial charge on any atom is 0.355 e. The summed E-state index contributed by atoms with van der Waals surface area (Å²) in [6.07, 6.45) is 0. The lowest BCUT2D eigenvalue weighted by atomic mass is 10.0. The first-order valence-electron chi connectivity index (χ1n) is 10.1. The minimum atomic E-state index is -3.85. The van der Waals surface area contributed by atoms with Crippen LogP contribution in [0.3, 0.4) is 0 Å². The molecule has 164 valence electrons. The molecule has 30 heavy (non-hydrogen) atoms. The van der Waals surface area contributed by atoms with E-state index in [1.807, 2.05) is 6.92 Å². The molecule has 0 amide bonds. The monoisotopic (exact) mass is 434 g/mol. The molecule has 0 N–H and O–H groups in total. The molecule has 1 aromatic carbocycles. The number of ether oxygens (including phenoxy) is 1. The van der Waals surface area contributed by atoms with Crippen LogP contribution < -0.4 is 0 Å². The molecule has 0 saturated carbocycles. The van der Waals surface area contributed by atoms with Crippen LogP contribution in [-0.2, 0) is 21.3 Å². The predicted molar refractivity (Wildman–Crippen MR) is 115 cm³/mol. The molecule has 0 radical (unpaired) electrons. The summed E-state index contributed by atoms with van der Waals surface area (Å²) in [4.78, 5) is 26.1. The van der Waals surface area contributed by atoms with E-state index >= 15 is 0 Å². The number of carbonyl (C=O) groups excluding carboxylic acids is 2. The maximum absolute atomic E-state index is 13.5. The fraction of sp³-hybridized carbons (Fsp3) is 0.455. The number of hydrogen-bond donors (Lipinski definition) is 0. The third-order valence-corrected chi connectivity index (χ3v) is 7.33. The standard InChI is InChI=1S/C22H30N2O5S/c1-7-23-16(5)19(15(4)20(23)22(26)29-9-3)21(25)17(6)24(8-2)30(27,28)18-13-11-10-12-14-18/h10-14,17H,7-9H2,1-6H3. The van der Waals surface area contributed by atoms with Crippen molar-refractivity contribution < 1.29 is 22.7 Å². The number of rotatable bonds is 9. The third-order valence-electron chi connectivity index (χ3n) is 5.27. The number of ketones is 1. The number of benzene rings is 1. The van der Waals surface area contributed by atoms with Crippen molar-refractivity contribution in [2.45, 2.75) is 59.0 Å². The van der Waals surface area contributed by atoms with Gasteiger partial charge in [0.25, 0.3) is 0 Å². The van der Waals surface area contributed by atoms with E-state index in [2.05, 4.69) is 0 Å². The highest BCUT2D eigenvalue weighted by molar-refractivity contribution is 7.89. The van der Waals surface area contributed by atoms with Crippen LogP contribution in [0.5, 0.6) is 0 Å². The van der Waals surface area contributed by atoms with Gasteiger partial charge in [0.05, 0.1) is 17.5 Å². The molecule has 1 aromatic heterocycles. The summed E-state index contributed by atoms with van der Waals surface area (Å²) >= 11 is 0. The van der Waals surface area contributed by atoms with Gasteiger partial charge in [0.15, 0.2) is 5.78 Å². The molecule has 7 nitrogen and oxygen atoms in total. The Bertz CT molecular complexity index is 1030. The smallest absolute Gasteiger partial charge is 0.355 e. The van der Waals surface area contributed by atoms with Crippen molar-refractivity contribution in [3.05, 3.63) is 52.8 Å². The van der Waals surface area contributed by atoms with E-state index in [1.54, 1.807) is 57.4 Å². The summed E-state index contributed by atoms with van der Waals surface area (Å²) in [7, 11) is -3.85. The van der Waals surface area contributed by atoms with Gasteiger partial charge in [-0.2, -0.15) is 4.31 Å². The summed E-state index contributed by atoms with van der Waals surface area (Å²) in [5.74, 6) is -0.833. The first kappa shape index (κ1) is 23.8. The zero-order valence-corrected chi connectivity index (χ0v) is 19.2. The number of aromatic nitrogens is 1. The molecule has 0 aliphatic carbocycles. The molecule has 2 aromatic rings. The Morgan fingerprint density at radius 1 is 1.10 bits per heavy atom. The minimum absolute atomic E-state index is 0.137. The summed E-state index contributed by atoms with van der Waals surface area (Å²) in [5, 5.41) is 0. The number of carbonyl (C=O) groups is 2. The van der Waals surface area contributed by atoms with Gasteiger partial charge in [-0.3, -0.25) is 4.79 Å². The second kappa shape index (κ2) is 9.57. The van der Waals surface area contributed by atoms with Crippen molar-refractivity contribution in [3.63, 3.8) is 0 Å². The van der Waals surface area contributed by atoms with Crippen LogP contribution in [0.1, 0.15) is 59.8 Å². The van der Waals surface area contributed by atoms with Gasteiger partial charge in [-0.1, -0.05) is 25.1 Å². The zero-order chi connectivity index (χ0) is 22.6. The fourth-order valence-electron chi connectivity index (χ4n) is 3.84. The molecular weight excluding hydrogens is 404 g/mol. The minimum Gasteiger partial charge on any atom is -0.461 e. The number of sulfonamides is 1. The highest BCUT2D eigenvalue weighted by Gasteiger charge is 2.35. The summed E-state index contributed by atoms with van der Waals surface area (Å²) in [6.45, 7) is 11.2. The Balaban J connectivity index is 2.53. The highest BCUT2D eigenvalue weighted by atomic mass is 32.2. The first-order valence-corrected chi connectivity index (χ1v) is 11.5. The molecule has 0 saturated heterocycles. The summed E-state index contributed by atoms with van der Waals surface area (Å²) in [6, 6.07) is 7.13. The Hall–Kier alpha value is -2.45. The van der Waals surface area contributed by atoms with Gasteiger partial charge in [0.1, 0.15) is 5.69 Å². The van der Waals surface area contributed by atoms with Crippen molar-refractivity contribution in [1.29, 1.82) is 0 Å². The van der Waals surface area contributed by atoms with Crippen molar-refractivity contribution >= 4 is 21.8 Å². The molecule has 2 rings (SSSR count). The van der Waals surface area contributed by atoms with E-state index < -0.39 is 22.0 Å². The van der Waals surface area contributed by atoms with Gasteiger partial charge in [0.2, 0.25) is 10.0 Å². The summed E-state index contributed by atoms with van der Waals surface area (Å²) < 4.78 is 34.4. The maximum atomic E-state index is 13.5. The lowest BCUT2D eigenvalue weighted by Crippen LogP contribution is -2.43. The average molecular weight is 435 g/mol. The van der Waals surface area contributed by atoms with Crippen LogP contribution >= 0.6 is 0 Å². The van der Waals surface area contributed by atoms with Crippen molar-refractivity contribution in [1.82, 2.24) is 8.87 Å². The quantitative estimate of drug-likeness (QED) is 0.445. The van der Waals surface area contributed by atoms with Crippen molar-refractivity contribution in [2.75, 3.05) is 13.2 Å². The van der Waals surface area contributed by atoms with Crippen LogP contribution in [0.15, 0.2) is 35.2 Å². The van der Waals surface area contributed by atoms with Crippen molar-refractivity contribution in [2.24, 2.45) is 0 Å². The second-order valence-electron chi connectivity index (χ2n) is 6.96. The molecule has 0 aliphatic rings. The molecule has 0 bridgehead atoms. The number of esters is 1. The second-order valence-corrected chi connectivity index (χ2v) is 8.85. The lowest BCUT2D eigenvalue weighted by Gasteiger charge is -2.26. The van der Waals surface area contributed by atoms with Crippen LogP contribution in [0.2, 0.25) is 0 Å². The predicted octanol–water partition coefficient (Wildman–Crippen LogP) is 3.58. The number of likely N-dealkylation sites (N-methyl/N-ethyl adjacent to an activating group) is 1. The lowest BCUT2D eigenvalue weighted by molar-refractivity contribution is 0.0512. The molecule has 1 atom stereocenters. The molecule has 1 unspecified atom stereocenters. The molecule has 0 aliphatic heterocycles. The molecular formula is C22H30N2O5S. The number of hydrogen-bond acceptors (Lipinski definition) is 5. The van der Waals surface area contributed by atoms with Gasteiger partial charge >= 0.3 is 5.97 Å². The highest BCUT2D eigenvalue weighted by Crippen LogP contribution is 2.27. The first-order chi connectivity index (χ1) is 14.1. The van der Waals surface area contributed by atoms with E-state index in [-0.39, 0.29) is 23.8 Å². The fourth-order valence-corrected chi connectivity index (χ4v) is 5.46. The Morgan fingerprint density at radius 2 is 1.70 bits per heavy atom.